The second-order valence-corrected chi connectivity index (χ2v) is 13.0. The lowest BCUT2D eigenvalue weighted by Gasteiger charge is -2.37. The molecule has 1 unspecified atom stereocenters. The highest BCUT2D eigenvalue weighted by Crippen LogP contribution is 2.33. The van der Waals surface area contributed by atoms with Gasteiger partial charge >= 0.3 is 0 Å². The van der Waals surface area contributed by atoms with Crippen LogP contribution in [0.5, 0.6) is 5.75 Å². The maximum atomic E-state index is 13.1. The Morgan fingerprint density at radius 3 is 2.24 bits per heavy atom. The van der Waals surface area contributed by atoms with Crippen molar-refractivity contribution in [2.24, 2.45) is 11.8 Å². The van der Waals surface area contributed by atoms with E-state index in [0.717, 1.165) is 5.92 Å². The van der Waals surface area contributed by atoms with E-state index in [2.05, 4.69) is 11.8 Å². The lowest BCUT2D eigenvalue weighted by molar-refractivity contribution is -0.138. The lowest BCUT2D eigenvalue weighted by atomic mass is 9.78. The molecule has 3 rings (SSSR count). The average molecular weight is 538 g/mol. The summed E-state index contributed by atoms with van der Waals surface area (Å²) in [5.74, 6) is 1.90. The highest BCUT2D eigenvalue weighted by atomic mass is 32.2. The molecular formula is C28H47N3O5S. The number of rotatable bonds is 12. The van der Waals surface area contributed by atoms with Gasteiger partial charge in [0.15, 0.2) is 0 Å². The number of methoxy groups -OCH3 is 1. The van der Waals surface area contributed by atoms with E-state index in [1.165, 1.54) is 69.5 Å². The summed E-state index contributed by atoms with van der Waals surface area (Å²) in [5.41, 5.74) is 1.28. The maximum Gasteiger partial charge on any atom is 0.248 e. The number of benzene rings is 1. The first-order valence-electron chi connectivity index (χ1n) is 13.7. The predicted molar refractivity (Wildman–Crippen MR) is 146 cm³/mol. The molecule has 1 atom stereocenters. The number of likely N-dealkylation sites (N-methyl/N-ethyl adjacent to an activating group) is 2. The fraction of sp³-hybridized carbons (Fsp3) is 0.750. The van der Waals surface area contributed by atoms with Crippen molar-refractivity contribution in [1.29, 1.82) is 0 Å². The van der Waals surface area contributed by atoms with Gasteiger partial charge in [0.25, 0.3) is 0 Å². The molecule has 0 radical (unpaired) electrons. The van der Waals surface area contributed by atoms with Crippen molar-refractivity contribution in [3.63, 3.8) is 0 Å². The second-order valence-electron chi connectivity index (χ2n) is 11.0. The number of ether oxygens (including phenoxy) is 2. The molecule has 0 spiro atoms. The summed E-state index contributed by atoms with van der Waals surface area (Å²) in [7, 11) is 1.28. The fourth-order valence-corrected chi connectivity index (χ4v) is 7.45. The van der Waals surface area contributed by atoms with Gasteiger partial charge in [-0.2, -0.15) is 4.31 Å². The molecule has 9 heteroatoms. The molecule has 1 aromatic carbocycles. The van der Waals surface area contributed by atoms with Crippen LogP contribution in [0.3, 0.4) is 0 Å². The standard InChI is InChI=1S/C28H47N3O5S/c1-21-17-26(35-6)18-22(2)28(21)37(33,34)29(4)15-16-36-20-27(32)30(5)23(3)25-11-9-24(10-12-25)19-31-13-7-8-14-31/h17-18,23-25H,7-16,19-20H2,1-6H3. The van der Waals surface area contributed by atoms with Crippen LogP contribution in [0.1, 0.15) is 56.6 Å². The number of carbonyl (C=O) groups is 1. The normalized spacial score (nSPS) is 21.8. The Labute approximate surface area is 224 Å². The molecule has 1 heterocycles. The molecule has 0 N–H and O–H groups in total. The third-order valence-electron chi connectivity index (χ3n) is 8.41. The van der Waals surface area contributed by atoms with Crippen molar-refractivity contribution < 1.29 is 22.7 Å². The van der Waals surface area contributed by atoms with E-state index in [4.69, 9.17) is 9.47 Å². The van der Waals surface area contributed by atoms with Crippen LogP contribution >= 0.6 is 0 Å². The van der Waals surface area contributed by atoms with Crippen LogP contribution in [0.4, 0.5) is 0 Å². The van der Waals surface area contributed by atoms with Crippen molar-refractivity contribution in [3.05, 3.63) is 23.3 Å². The van der Waals surface area contributed by atoms with Gasteiger partial charge < -0.3 is 19.3 Å². The second kappa shape index (κ2) is 13.4. The van der Waals surface area contributed by atoms with Crippen LogP contribution in [-0.2, 0) is 19.6 Å². The SMILES string of the molecule is COc1cc(C)c(S(=O)(=O)N(C)CCOCC(=O)N(C)C(C)C2CCC(CN3CCCC3)CC2)c(C)c1. The van der Waals surface area contributed by atoms with E-state index in [1.807, 2.05) is 11.9 Å². The molecule has 0 bridgehead atoms. The maximum absolute atomic E-state index is 13.1. The van der Waals surface area contributed by atoms with Gasteiger partial charge in [-0.25, -0.2) is 8.42 Å². The number of likely N-dealkylation sites (tertiary alicyclic amines) is 1. The molecule has 210 valence electrons. The summed E-state index contributed by atoms with van der Waals surface area (Å²) in [6.07, 6.45) is 7.52. The molecule has 1 aliphatic carbocycles. The van der Waals surface area contributed by atoms with Crippen molar-refractivity contribution in [1.82, 2.24) is 14.1 Å². The Hall–Kier alpha value is -1.68. The third kappa shape index (κ3) is 7.68. The van der Waals surface area contributed by atoms with Gasteiger partial charge in [0.05, 0.1) is 18.6 Å². The summed E-state index contributed by atoms with van der Waals surface area (Å²) in [6, 6.07) is 3.62. The Morgan fingerprint density at radius 2 is 1.68 bits per heavy atom. The predicted octanol–water partition coefficient (Wildman–Crippen LogP) is 3.70. The quantitative estimate of drug-likeness (QED) is 0.379. The minimum atomic E-state index is -3.68. The van der Waals surface area contributed by atoms with Gasteiger partial charge in [-0.1, -0.05) is 0 Å². The number of carbonyl (C=O) groups excluding carboxylic acids is 1. The monoisotopic (exact) mass is 537 g/mol. The minimum absolute atomic E-state index is 0.0420. The smallest absolute Gasteiger partial charge is 0.248 e. The van der Waals surface area contributed by atoms with Crippen molar-refractivity contribution in [3.8, 4) is 5.75 Å². The zero-order valence-electron chi connectivity index (χ0n) is 23.7. The van der Waals surface area contributed by atoms with Crippen LogP contribution in [0.15, 0.2) is 17.0 Å². The van der Waals surface area contributed by atoms with E-state index in [1.54, 1.807) is 33.1 Å². The van der Waals surface area contributed by atoms with Crippen molar-refractivity contribution in [2.75, 3.05) is 60.6 Å². The number of sulfonamides is 1. The van der Waals surface area contributed by atoms with Crippen LogP contribution in [0.2, 0.25) is 0 Å². The molecule has 37 heavy (non-hydrogen) atoms. The van der Waals surface area contributed by atoms with Gasteiger partial charge in [0.2, 0.25) is 15.9 Å². The van der Waals surface area contributed by atoms with Gasteiger partial charge in [-0.15, -0.1) is 0 Å². The third-order valence-corrected chi connectivity index (χ3v) is 10.6. The van der Waals surface area contributed by atoms with E-state index >= 15 is 0 Å². The van der Waals surface area contributed by atoms with Gasteiger partial charge in [0.1, 0.15) is 12.4 Å². The van der Waals surface area contributed by atoms with Crippen LogP contribution in [-0.4, -0.2) is 95.1 Å². The van der Waals surface area contributed by atoms with Gasteiger partial charge in [0, 0.05) is 33.2 Å². The van der Waals surface area contributed by atoms with Gasteiger partial charge in [-0.3, -0.25) is 4.79 Å². The molecule has 1 saturated heterocycles. The molecule has 1 aromatic rings. The molecule has 2 fully saturated rings. The number of amides is 1. The number of nitrogens with zero attached hydrogens (tertiary/aromatic N) is 3. The lowest BCUT2D eigenvalue weighted by Crippen LogP contribution is -2.43. The highest BCUT2D eigenvalue weighted by molar-refractivity contribution is 7.89. The fourth-order valence-electron chi connectivity index (χ4n) is 5.89. The van der Waals surface area contributed by atoms with Crippen molar-refractivity contribution in [2.45, 2.75) is 70.2 Å². The first kappa shape index (κ1) is 29.9. The summed E-state index contributed by atoms with van der Waals surface area (Å²) in [6.45, 7) is 9.71. The van der Waals surface area contributed by atoms with Crippen LogP contribution < -0.4 is 4.74 Å². The number of aryl methyl sites for hydroxylation is 2. The first-order chi connectivity index (χ1) is 17.5. The van der Waals surface area contributed by atoms with E-state index in [-0.39, 0.29) is 36.6 Å². The van der Waals surface area contributed by atoms with Gasteiger partial charge in [-0.05, 0) is 107 Å². The Morgan fingerprint density at radius 1 is 1.08 bits per heavy atom. The largest absolute Gasteiger partial charge is 0.497 e. The Bertz CT molecular complexity index is 978. The highest BCUT2D eigenvalue weighted by Gasteiger charge is 2.30. The molecule has 2 aliphatic rings. The topological polar surface area (TPSA) is 79.4 Å². The molecule has 0 aromatic heterocycles. The molecule has 8 nitrogen and oxygen atoms in total. The van der Waals surface area contributed by atoms with E-state index in [9.17, 15) is 13.2 Å². The average Bonchev–Trinajstić information content (AvgIpc) is 3.38. The Kier molecular flexibility index (Phi) is 10.8. The summed E-state index contributed by atoms with van der Waals surface area (Å²) < 4.78 is 38.4. The number of hydrogen-bond acceptors (Lipinski definition) is 6. The molecule has 1 amide bonds. The molecular weight excluding hydrogens is 490 g/mol. The molecule has 1 aliphatic heterocycles. The van der Waals surface area contributed by atoms with Crippen LogP contribution in [0.25, 0.3) is 0 Å². The first-order valence-corrected chi connectivity index (χ1v) is 15.2. The zero-order chi connectivity index (χ0) is 27.2. The van der Waals surface area contributed by atoms with Crippen molar-refractivity contribution >= 4 is 15.9 Å². The minimum Gasteiger partial charge on any atom is -0.497 e. The van der Waals surface area contributed by atoms with Crippen LogP contribution in [0, 0.1) is 25.7 Å². The number of hydrogen-bond donors (Lipinski definition) is 0. The zero-order valence-corrected chi connectivity index (χ0v) is 24.5. The van der Waals surface area contributed by atoms with E-state index in [0.29, 0.717) is 22.8 Å². The molecule has 1 saturated carbocycles. The van der Waals surface area contributed by atoms with E-state index < -0.39 is 10.0 Å². The summed E-state index contributed by atoms with van der Waals surface area (Å²) in [4.78, 5) is 17.5. The summed E-state index contributed by atoms with van der Waals surface area (Å²) in [5, 5.41) is 0. The summed E-state index contributed by atoms with van der Waals surface area (Å²) >= 11 is 0. The Balaban J connectivity index is 1.41.